The normalized spacial score (nSPS) is 14.9. The summed E-state index contributed by atoms with van der Waals surface area (Å²) in [6, 6.07) is 6.01. The Kier molecular flexibility index (Phi) is 4.80. The van der Waals surface area contributed by atoms with E-state index in [1.807, 2.05) is 18.2 Å². The lowest BCUT2D eigenvalue weighted by Crippen LogP contribution is -2.37. The molecule has 0 spiro atoms. The number of pyridine rings is 1. The van der Waals surface area contributed by atoms with Gasteiger partial charge in [0, 0.05) is 43.8 Å². The lowest BCUT2D eigenvalue weighted by molar-refractivity contribution is 0.122. The zero-order chi connectivity index (χ0) is 15.2. The highest BCUT2D eigenvalue weighted by atomic mass is 16.5. The Morgan fingerprint density at radius 1 is 1.18 bits per heavy atom. The van der Waals surface area contributed by atoms with Gasteiger partial charge in [-0.15, -0.1) is 0 Å². The summed E-state index contributed by atoms with van der Waals surface area (Å²) in [7, 11) is 0. The summed E-state index contributed by atoms with van der Waals surface area (Å²) in [6.07, 6.45) is 4.49. The van der Waals surface area contributed by atoms with E-state index in [9.17, 15) is 0 Å². The fourth-order valence-electron chi connectivity index (χ4n) is 2.35. The summed E-state index contributed by atoms with van der Waals surface area (Å²) < 4.78 is 5.39. The number of aryl methyl sites for hydroxylation is 1. The average molecular weight is 299 g/mol. The van der Waals surface area contributed by atoms with E-state index in [1.165, 1.54) is 5.56 Å². The third-order valence-corrected chi connectivity index (χ3v) is 3.65. The summed E-state index contributed by atoms with van der Waals surface area (Å²) in [5.74, 6) is 1.66. The first kappa shape index (κ1) is 14.7. The molecule has 0 saturated carbocycles. The van der Waals surface area contributed by atoms with Gasteiger partial charge in [-0.05, 0) is 24.1 Å². The maximum atomic E-state index is 5.39. The summed E-state index contributed by atoms with van der Waals surface area (Å²) in [5, 5.41) is 3.38. The van der Waals surface area contributed by atoms with Crippen LogP contribution in [0.5, 0.6) is 0 Å². The molecule has 0 bridgehead atoms. The van der Waals surface area contributed by atoms with Gasteiger partial charge in [-0.1, -0.05) is 6.92 Å². The zero-order valence-corrected chi connectivity index (χ0v) is 12.8. The average Bonchev–Trinajstić information content (AvgIpc) is 2.61. The summed E-state index contributed by atoms with van der Waals surface area (Å²) in [6.45, 7) is 6.00. The third-order valence-electron chi connectivity index (χ3n) is 3.65. The van der Waals surface area contributed by atoms with Gasteiger partial charge in [-0.2, -0.15) is 4.98 Å². The van der Waals surface area contributed by atoms with Crippen LogP contribution in [0.2, 0.25) is 0 Å². The molecule has 1 saturated heterocycles. The van der Waals surface area contributed by atoms with E-state index < -0.39 is 0 Å². The van der Waals surface area contributed by atoms with Crippen LogP contribution in [0.15, 0.2) is 30.6 Å². The highest BCUT2D eigenvalue weighted by molar-refractivity contribution is 5.44. The number of rotatable bonds is 5. The molecule has 0 unspecified atom stereocenters. The molecule has 2 aromatic heterocycles. The molecule has 0 atom stereocenters. The van der Waals surface area contributed by atoms with Crippen LogP contribution in [-0.2, 0) is 17.7 Å². The second-order valence-corrected chi connectivity index (χ2v) is 5.21. The lowest BCUT2D eigenvalue weighted by Gasteiger charge is -2.27. The topological polar surface area (TPSA) is 63.2 Å². The van der Waals surface area contributed by atoms with Crippen molar-refractivity contribution in [1.82, 2.24) is 15.0 Å². The van der Waals surface area contributed by atoms with Crippen molar-refractivity contribution in [1.29, 1.82) is 0 Å². The first-order chi connectivity index (χ1) is 10.8. The highest BCUT2D eigenvalue weighted by Gasteiger charge is 2.15. The van der Waals surface area contributed by atoms with Gasteiger partial charge in [0.15, 0.2) is 0 Å². The molecule has 0 aromatic carbocycles. The van der Waals surface area contributed by atoms with Crippen LogP contribution in [-0.4, -0.2) is 41.3 Å². The number of nitrogens with one attached hydrogen (secondary N) is 1. The molecule has 1 aliphatic rings. The van der Waals surface area contributed by atoms with Gasteiger partial charge in [-0.3, -0.25) is 4.98 Å². The van der Waals surface area contributed by atoms with Crippen molar-refractivity contribution in [3.63, 3.8) is 0 Å². The SMILES string of the molecule is CCc1cc(NCc2ccncc2)nc(N2CCOCC2)n1. The number of nitrogens with zero attached hydrogens (tertiary/aromatic N) is 4. The van der Waals surface area contributed by atoms with Gasteiger partial charge in [0.25, 0.3) is 0 Å². The third kappa shape index (κ3) is 3.71. The van der Waals surface area contributed by atoms with E-state index in [2.05, 4.69) is 32.1 Å². The Labute approximate surface area is 130 Å². The molecular weight excluding hydrogens is 278 g/mol. The van der Waals surface area contributed by atoms with E-state index in [0.717, 1.165) is 56.7 Å². The van der Waals surface area contributed by atoms with Gasteiger partial charge in [0.2, 0.25) is 5.95 Å². The maximum absolute atomic E-state index is 5.39. The first-order valence-corrected chi connectivity index (χ1v) is 7.68. The van der Waals surface area contributed by atoms with Crippen LogP contribution in [0.1, 0.15) is 18.2 Å². The number of anilines is 2. The van der Waals surface area contributed by atoms with Crippen molar-refractivity contribution in [2.45, 2.75) is 19.9 Å². The molecule has 22 heavy (non-hydrogen) atoms. The van der Waals surface area contributed by atoms with Crippen molar-refractivity contribution < 1.29 is 4.74 Å². The van der Waals surface area contributed by atoms with E-state index >= 15 is 0 Å². The minimum Gasteiger partial charge on any atom is -0.378 e. The van der Waals surface area contributed by atoms with Gasteiger partial charge in [0.05, 0.1) is 13.2 Å². The minimum absolute atomic E-state index is 0.727. The molecule has 1 N–H and O–H groups in total. The second-order valence-electron chi connectivity index (χ2n) is 5.21. The van der Waals surface area contributed by atoms with E-state index in [1.54, 1.807) is 12.4 Å². The highest BCUT2D eigenvalue weighted by Crippen LogP contribution is 2.16. The largest absolute Gasteiger partial charge is 0.378 e. The first-order valence-electron chi connectivity index (χ1n) is 7.68. The van der Waals surface area contributed by atoms with Crippen LogP contribution >= 0.6 is 0 Å². The molecule has 0 radical (unpaired) electrons. The van der Waals surface area contributed by atoms with Crippen molar-refractivity contribution in [3.8, 4) is 0 Å². The summed E-state index contributed by atoms with van der Waals surface area (Å²) in [5.41, 5.74) is 2.23. The standard InChI is InChI=1S/C16H21N5O/c1-2-14-11-15(18-12-13-3-5-17-6-4-13)20-16(19-14)21-7-9-22-10-8-21/h3-6,11H,2,7-10,12H2,1H3,(H,18,19,20). The van der Waals surface area contributed by atoms with E-state index in [-0.39, 0.29) is 0 Å². The Hall–Kier alpha value is -2.21. The van der Waals surface area contributed by atoms with Crippen LogP contribution < -0.4 is 10.2 Å². The van der Waals surface area contributed by atoms with Crippen molar-refractivity contribution in [2.24, 2.45) is 0 Å². The Morgan fingerprint density at radius 2 is 1.95 bits per heavy atom. The molecule has 6 heteroatoms. The maximum Gasteiger partial charge on any atom is 0.227 e. The van der Waals surface area contributed by atoms with Gasteiger partial charge >= 0.3 is 0 Å². The van der Waals surface area contributed by atoms with Crippen molar-refractivity contribution >= 4 is 11.8 Å². The van der Waals surface area contributed by atoms with Gasteiger partial charge in [0.1, 0.15) is 5.82 Å². The lowest BCUT2D eigenvalue weighted by atomic mass is 10.2. The van der Waals surface area contributed by atoms with Gasteiger partial charge in [-0.25, -0.2) is 4.98 Å². The number of morpholine rings is 1. The second kappa shape index (κ2) is 7.17. The van der Waals surface area contributed by atoms with E-state index in [0.29, 0.717) is 0 Å². The monoisotopic (exact) mass is 299 g/mol. The number of hydrogen-bond acceptors (Lipinski definition) is 6. The smallest absolute Gasteiger partial charge is 0.227 e. The predicted molar refractivity (Wildman–Crippen MR) is 86.0 cm³/mol. The van der Waals surface area contributed by atoms with Crippen LogP contribution in [0.4, 0.5) is 11.8 Å². The number of hydrogen-bond donors (Lipinski definition) is 1. The molecule has 1 fully saturated rings. The Balaban J connectivity index is 1.75. The zero-order valence-electron chi connectivity index (χ0n) is 12.8. The molecule has 0 amide bonds. The molecule has 3 heterocycles. The molecular formula is C16H21N5O. The van der Waals surface area contributed by atoms with Crippen LogP contribution in [0.3, 0.4) is 0 Å². The molecule has 2 aromatic rings. The Morgan fingerprint density at radius 3 is 2.68 bits per heavy atom. The van der Waals surface area contributed by atoms with Crippen LogP contribution in [0, 0.1) is 0 Å². The number of aromatic nitrogens is 3. The van der Waals surface area contributed by atoms with Crippen molar-refractivity contribution in [3.05, 3.63) is 41.9 Å². The molecule has 116 valence electrons. The fraction of sp³-hybridized carbons (Fsp3) is 0.438. The number of ether oxygens (including phenoxy) is 1. The molecule has 0 aliphatic carbocycles. The van der Waals surface area contributed by atoms with Gasteiger partial charge < -0.3 is 15.0 Å². The molecule has 1 aliphatic heterocycles. The summed E-state index contributed by atoms with van der Waals surface area (Å²) in [4.78, 5) is 15.5. The fourth-order valence-corrected chi connectivity index (χ4v) is 2.35. The molecule has 6 nitrogen and oxygen atoms in total. The van der Waals surface area contributed by atoms with Crippen molar-refractivity contribution in [2.75, 3.05) is 36.5 Å². The predicted octanol–water partition coefficient (Wildman–Crippen LogP) is 1.88. The molecule has 3 rings (SSSR count). The minimum atomic E-state index is 0.727. The van der Waals surface area contributed by atoms with Crippen LogP contribution in [0.25, 0.3) is 0 Å². The Bertz CT molecular complexity index is 599. The quantitative estimate of drug-likeness (QED) is 0.909. The van der Waals surface area contributed by atoms with E-state index in [4.69, 9.17) is 4.74 Å². The summed E-state index contributed by atoms with van der Waals surface area (Å²) >= 11 is 0.